The first-order chi connectivity index (χ1) is 14.7. The SMILES string of the molecule is COCCNC(=O)CSc1ccccc1C(=O)OCc1ncc(-c2ccccc2)o1. The third-order valence-corrected chi connectivity index (χ3v) is 5.11. The number of oxazole rings is 1. The Labute approximate surface area is 178 Å². The highest BCUT2D eigenvalue weighted by atomic mass is 32.2. The van der Waals surface area contributed by atoms with Crippen LogP contribution in [0.2, 0.25) is 0 Å². The maximum absolute atomic E-state index is 12.5. The van der Waals surface area contributed by atoms with Crippen molar-refractivity contribution in [1.82, 2.24) is 10.3 Å². The Morgan fingerprint density at radius 3 is 2.67 bits per heavy atom. The Kier molecular flexibility index (Phi) is 8.05. The van der Waals surface area contributed by atoms with E-state index in [-0.39, 0.29) is 18.3 Å². The number of carbonyl (C=O) groups is 2. The second-order valence-corrected chi connectivity index (χ2v) is 7.21. The molecule has 0 unspecified atom stereocenters. The van der Waals surface area contributed by atoms with Crippen molar-refractivity contribution in [2.75, 3.05) is 26.0 Å². The first-order valence-corrected chi connectivity index (χ1v) is 10.3. The highest BCUT2D eigenvalue weighted by Gasteiger charge is 2.16. The van der Waals surface area contributed by atoms with Crippen molar-refractivity contribution in [3.63, 3.8) is 0 Å². The fourth-order valence-electron chi connectivity index (χ4n) is 2.57. The van der Waals surface area contributed by atoms with E-state index >= 15 is 0 Å². The lowest BCUT2D eigenvalue weighted by atomic mass is 10.2. The maximum Gasteiger partial charge on any atom is 0.339 e. The van der Waals surface area contributed by atoms with Crippen molar-refractivity contribution in [2.24, 2.45) is 0 Å². The zero-order chi connectivity index (χ0) is 21.2. The minimum atomic E-state index is -0.502. The normalized spacial score (nSPS) is 10.6. The van der Waals surface area contributed by atoms with Gasteiger partial charge in [0.25, 0.3) is 0 Å². The van der Waals surface area contributed by atoms with Gasteiger partial charge in [-0.2, -0.15) is 0 Å². The van der Waals surface area contributed by atoms with E-state index in [0.717, 1.165) is 5.56 Å². The second-order valence-electron chi connectivity index (χ2n) is 6.19. The van der Waals surface area contributed by atoms with Gasteiger partial charge < -0.3 is 19.2 Å². The summed E-state index contributed by atoms with van der Waals surface area (Å²) < 4.78 is 15.9. The molecule has 0 atom stereocenters. The van der Waals surface area contributed by atoms with Crippen LogP contribution in [0.4, 0.5) is 0 Å². The quantitative estimate of drug-likeness (QED) is 0.301. The van der Waals surface area contributed by atoms with E-state index in [4.69, 9.17) is 13.9 Å². The number of rotatable bonds is 10. The molecule has 0 spiro atoms. The third kappa shape index (κ3) is 6.20. The molecule has 0 aliphatic rings. The number of thioether (sulfide) groups is 1. The number of hydrogen-bond acceptors (Lipinski definition) is 7. The molecule has 30 heavy (non-hydrogen) atoms. The number of carbonyl (C=O) groups excluding carboxylic acids is 2. The molecule has 1 N–H and O–H groups in total. The van der Waals surface area contributed by atoms with Crippen molar-refractivity contribution in [1.29, 1.82) is 0 Å². The van der Waals surface area contributed by atoms with E-state index in [1.165, 1.54) is 11.8 Å². The van der Waals surface area contributed by atoms with Crippen LogP contribution in [-0.2, 0) is 20.9 Å². The van der Waals surface area contributed by atoms with Gasteiger partial charge in [-0.25, -0.2) is 9.78 Å². The first kappa shape index (κ1) is 21.6. The van der Waals surface area contributed by atoms with Gasteiger partial charge in [0, 0.05) is 24.1 Å². The van der Waals surface area contributed by atoms with Gasteiger partial charge in [0.05, 0.1) is 24.1 Å². The van der Waals surface area contributed by atoms with E-state index < -0.39 is 5.97 Å². The Morgan fingerprint density at radius 2 is 1.87 bits per heavy atom. The lowest BCUT2D eigenvalue weighted by Crippen LogP contribution is -2.28. The summed E-state index contributed by atoms with van der Waals surface area (Å²) in [6.07, 6.45) is 1.60. The van der Waals surface area contributed by atoms with Crippen LogP contribution in [0.5, 0.6) is 0 Å². The van der Waals surface area contributed by atoms with Gasteiger partial charge >= 0.3 is 5.97 Å². The molecule has 1 aromatic heterocycles. The monoisotopic (exact) mass is 426 g/mol. The number of amides is 1. The Bertz CT molecular complexity index is 974. The van der Waals surface area contributed by atoms with Crippen LogP contribution in [0.15, 0.2) is 70.1 Å². The van der Waals surface area contributed by atoms with Gasteiger partial charge in [0.15, 0.2) is 12.4 Å². The van der Waals surface area contributed by atoms with Crippen LogP contribution < -0.4 is 5.32 Å². The van der Waals surface area contributed by atoms with Crippen LogP contribution >= 0.6 is 11.8 Å². The zero-order valence-corrected chi connectivity index (χ0v) is 17.3. The van der Waals surface area contributed by atoms with Gasteiger partial charge in [-0.1, -0.05) is 42.5 Å². The van der Waals surface area contributed by atoms with E-state index in [1.54, 1.807) is 31.5 Å². The molecule has 7 nitrogen and oxygen atoms in total. The Morgan fingerprint density at radius 1 is 1.10 bits per heavy atom. The van der Waals surface area contributed by atoms with Crippen LogP contribution in [0.3, 0.4) is 0 Å². The van der Waals surface area contributed by atoms with E-state index in [0.29, 0.717) is 35.3 Å². The van der Waals surface area contributed by atoms with E-state index in [2.05, 4.69) is 10.3 Å². The van der Waals surface area contributed by atoms with Gasteiger partial charge in [-0.15, -0.1) is 11.8 Å². The summed E-state index contributed by atoms with van der Waals surface area (Å²) in [6.45, 7) is 0.814. The predicted octanol–water partition coefficient (Wildman–Crippen LogP) is 3.55. The lowest BCUT2D eigenvalue weighted by molar-refractivity contribution is -0.118. The highest BCUT2D eigenvalue weighted by molar-refractivity contribution is 8.00. The first-order valence-electron chi connectivity index (χ1n) is 9.32. The summed E-state index contributed by atoms with van der Waals surface area (Å²) in [7, 11) is 1.57. The fraction of sp³-hybridized carbons (Fsp3) is 0.227. The predicted molar refractivity (Wildman–Crippen MR) is 113 cm³/mol. The Balaban J connectivity index is 1.56. The molecule has 156 valence electrons. The number of benzene rings is 2. The zero-order valence-electron chi connectivity index (χ0n) is 16.5. The molecule has 3 aromatic rings. The molecule has 0 radical (unpaired) electrons. The smallest absolute Gasteiger partial charge is 0.339 e. The van der Waals surface area contributed by atoms with Gasteiger partial charge in [-0.05, 0) is 12.1 Å². The van der Waals surface area contributed by atoms with E-state index in [9.17, 15) is 9.59 Å². The second kappa shape index (κ2) is 11.2. The van der Waals surface area contributed by atoms with Crippen molar-refractivity contribution in [3.8, 4) is 11.3 Å². The summed E-state index contributed by atoms with van der Waals surface area (Å²) in [5.74, 6) is 0.474. The molecule has 0 fully saturated rings. The summed E-state index contributed by atoms with van der Waals surface area (Å²) in [6, 6.07) is 16.6. The number of esters is 1. The van der Waals surface area contributed by atoms with Crippen LogP contribution in [0.25, 0.3) is 11.3 Å². The Hall–Kier alpha value is -3.10. The molecule has 1 amide bonds. The summed E-state index contributed by atoms with van der Waals surface area (Å²) in [4.78, 5) is 29.3. The molecule has 3 rings (SSSR count). The molecule has 0 aliphatic carbocycles. The minimum Gasteiger partial charge on any atom is -0.452 e. The van der Waals surface area contributed by atoms with Crippen LogP contribution in [0.1, 0.15) is 16.2 Å². The van der Waals surface area contributed by atoms with Crippen molar-refractivity contribution in [3.05, 3.63) is 72.2 Å². The highest BCUT2D eigenvalue weighted by Crippen LogP contribution is 2.24. The number of nitrogens with zero attached hydrogens (tertiary/aromatic N) is 1. The average Bonchev–Trinajstić information content (AvgIpc) is 3.26. The van der Waals surface area contributed by atoms with Crippen molar-refractivity contribution in [2.45, 2.75) is 11.5 Å². The number of ether oxygens (including phenoxy) is 2. The molecule has 2 aromatic carbocycles. The van der Waals surface area contributed by atoms with Crippen molar-refractivity contribution < 1.29 is 23.5 Å². The van der Waals surface area contributed by atoms with Crippen LogP contribution in [0, 0.1) is 0 Å². The summed E-state index contributed by atoms with van der Waals surface area (Å²) in [5, 5.41) is 2.74. The molecule has 1 heterocycles. The third-order valence-electron chi connectivity index (χ3n) is 4.03. The molecule has 0 aliphatic heterocycles. The molecular weight excluding hydrogens is 404 g/mol. The van der Waals surface area contributed by atoms with Crippen LogP contribution in [-0.4, -0.2) is 42.9 Å². The molecule has 8 heteroatoms. The number of aromatic nitrogens is 1. The topological polar surface area (TPSA) is 90.7 Å². The molecular formula is C22H22N2O5S. The number of nitrogens with one attached hydrogen (secondary N) is 1. The van der Waals surface area contributed by atoms with Gasteiger partial charge in [0.2, 0.25) is 11.8 Å². The minimum absolute atomic E-state index is 0.0812. The molecule has 0 saturated carbocycles. The molecule has 0 saturated heterocycles. The lowest BCUT2D eigenvalue weighted by Gasteiger charge is -2.09. The van der Waals surface area contributed by atoms with E-state index in [1.807, 2.05) is 36.4 Å². The largest absolute Gasteiger partial charge is 0.452 e. The summed E-state index contributed by atoms with van der Waals surface area (Å²) >= 11 is 1.27. The van der Waals surface area contributed by atoms with Crippen molar-refractivity contribution >= 4 is 23.6 Å². The maximum atomic E-state index is 12.5. The molecule has 0 bridgehead atoms. The average molecular weight is 426 g/mol. The fourth-order valence-corrected chi connectivity index (χ4v) is 3.44. The standard InChI is InChI=1S/C22H22N2O5S/c1-27-12-11-23-20(25)15-30-19-10-6-5-9-17(19)22(26)28-14-21-24-13-18(29-21)16-7-3-2-4-8-16/h2-10,13H,11-12,14-15H2,1H3,(H,23,25). The summed E-state index contributed by atoms with van der Waals surface area (Å²) in [5.41, 5.74) is 1.29. The van der Waals surface area contributed by atoms with Gasteiger partial charge in [0.1, 0.15) is 0 Å². The number of hydrogen-bond donors (Lipinski definition) is 1. The number of methoxy groups -OCH3 is 1. The van der Waals surface area contributed by atoms with Gasteiger partial charge in [-0.3, -0.25) is 4.79 Å².